The molecule has 5 heteroatoms. The molecule has 2 N–H and O–H groups in total. The molecular formula is C10H17F3N2. The summed E-state index contributed by atoms with van der Waals surface area (Å²) in [6.45, 7) is 3.33. The zero-order chi connectivity index (χ0) is 11.3. The van der Waals surface area contributed by atoms with Crippen molar-refractivity contribution in [1.82, 2.24) is 10.6 Å². The highest BCUT2D eigenvalue weighted by atomic mass is 19.4. The summed E-state index contributed by atoms with van der Waals surface area (Å²) in [5.41, 5.74) is -0.438. The zero-order valence-electron chi connectivity index (χ0n) is 8.99. The van der Waals surface area contributed by atoms with E-state index in [1.807, 2.05) is 0 Å². The Labute approximate surface area is 87.6 Å². The molecule has 1 aliphatic carbocycles. The van der Waals surface area contributed by atoms with Crippen LogP contribution in [0.15, 0.2) is 0 Å². The first-order valence-electron chi connectivity index (χ1n) is 5.44. The van der Waals surface area contributed by atoms with E-state index < -0.39 is 17.9 Å². The molecule has 15 heavy (non-hydrogen) atoms. The van der Waals surface area contributed by atoms with Crippen LogP contribution in [0.3, 0.4) is 0 Å². The SMILES string of the molecule is CC(N[C@@]12CC[C@@H](C)[C@@H](C1)N2)C(F)(F)F. The fourth-order valence-electron chi connectivity index (χ4n) is 2.57. The first-order chi connectivity index (χ1) is 6.82. The van der Waals surface area contributed by atoms with Gasteiger partial charge in [0.2, 0.25) is 0 Å². The van der Waals surface area contributed by atoms with Gasteiger partial charge >= 0.3 is 6.18 Å². The van der Waals surface area contributed by atoms with Gasteiger partial charge in [-0.2, -0.15) is 13.2 Å². The van der Waals surface area contributed by atoms with Crippen molar-refractivity contribution in [2.24, 2.45) is 5.92 Å². The van der Waals surface area contributed by atoms with Crippen molar-refractivity contribution in [2.45, 2.75) is 57.0 Å². The lowest BCUT2D eigenvalue weighted by Crippen LogP contribution is -2.77. The quantitative estimate of drug-likeness (QED) is 0.747. The van der Waals surface area contributed by atoms with Crippen LogP contribution in [0, 0.1) is 5.92 Å². The highest BCUT2D eigenvalue weighted by Gasteiger charge is 2.52. The van der Waals surface area contributed by atoms with E-state index in [0.717, 1.165) is 19.3 Å². The third-order valence-electron chi connectivity index (χ3n) is 3.73. The number of hydrogen-bond donors (Lipinski definition) is 2. The van der Waals surface area contributed by atoms with Gasteiger partial charge in [-0.15, -0.1) is 0 Å². The Hall–Kier alpha value is -0.290. The monoisotopic (exact) mass is 222 g/mol. The summed E-state index contributed by atoms with van der Waals surface area (Å²) in [5, 5.41) is 5.92. The number of nitrogens with one attached hydrogen (secondary N) is 2. The summed E-state index contributed by atoms with van der Waals surface area (Å²) in [7, 11) is 0. The van der Waals surface area contributed by atoms with Gasteiger partial charge in [0, 0.05) is 6.04 Å². The van der Waals surface area contributed by atoms with E-state index in [1.54, 1.807) is 0 Å². The van der Waals surface area contributed by atoms with Gasteiger partial charge in [-0.3, -0.25) is 10.6 Å². The molecule has 0 amide bonds. The van der Waals surface area contributed by atoms with Crippen LogP contribution in [0.5, 0.6) is 0 Å². The van der Waals surface area contributed by atoms with Crippen LogP contribution >= 0.6 is 0 Å². The van der Waals surface area contributed by atoms with Crippen LogP contribution in [0.4, 0.5) is 13.2 Å². The van der Waals surface area contributed by atoms with Crippen molar-refractivity contribution in [3.05, 3.63) is 0 Å². The van der Waals surface area contributed by atoms with E-state index in [9.17, 15) is 13.2 Å². The number of halogens is 3. The number of piperidine rings is 1. The molecule has 2 saturated heterocycles. The van der Waals surface area contributed by atoms with Crippen LogP contribution < -0.4 is 10.6 Å². The minimum absolute atomic E-state index is 0.409. The molecule has 3 rings (SSSR count). The van der Waals surface area contributed by atoms with Gasteiger partial charge in [0.1, 0.15) is 6.04 Å². The standard InChI is InChI=1S/C10H17F3N2/c1-6-3-4-9(5-8(6)15-9)14-7(2)10(11,12)13/h6-8,14-15H,3-5H2,1-2H3/t6-,7?,8-,9-/m1/s1. The predicted octanol–water partition coefficient (Wildman–Crippen LogP) is 2.01. The highest BCUT2D eigenvalue weighted by Crippen LogP contribution is 2.40. The topological polar surface area (TPSA) is 24.1 Å². The van der Waals surface area contributed by atoms with Crippen molar-refractivity contribution in [1.29, 1.82) is 0 Å². The predicted molar refractivity (Wildman–Crippen MR) is 51.3 cm³/mol. The maximum absolute atomic E-state index is 12.4. The lowest BCUT2D eigenvalue weighted by Gasteiger charge is -2.57. The van der Waals surface area contributed by atoms with Crippen molar-refractivity contribution < 1.29 is 13.2 Å². The number of rotatable bonds is 2. The normalized spacial score (nSPS) is 42.2. The van der Waals surface area contributed by atoms with Crippen molar-refractivity contribution in [3.8, 4) is 0 Å². The second-order valence-electron chi connectivity index (χ2n) is 4.96. The smallest absolute Gasteiger partial charge is 0.296 e. The Kier molecular flexibility index (Phi) is 2.50. The summed E-state index contributed by atoms with van der Waals surface area (Å²) < 4.78 is 37.1. The largest absolute Gasteiger partial charge is 0.403 e. The zero-order valence-corrected chi connectivity index (χ0v) is 8.99. The molecule has 2 nitrogen and oxygen atoms in total. The Bertz CT molecular complexity index is 240. The summed E-state index contributed by atoms with van der Waals surface area (Å²) in [6.07, 6.45) is -1.51. The fourth-order valence-corrected chi connectivity index (χ4v) is 2.57. The Balaban J connectivity index is 1.92. The van der Waals surface area contributed by atoms with Crippen LogP contribution in [-0.4, -0.2) is 23.9 Å². The van der Waals surface area contributed by atoms with E-state index in [2.05, 4.69) is 17.6 Å². The fraction of sp³-hybridized carbons (Fsp3) is 1.00. The van der Waals surface area contributed by atoms with E-state index in [1.165, 1.54) is 6.92 Å². The van der Waals surface area contributed by atoms with Crippen LogP contribution in [0.2, 0.25) is 0 Å². The van der Waals surface area contributed by atoms with E-state index in [0.29, 0.717) is 12.0 Å². The molecule has 2 bridgehead atoms. The lowest BCUT2D eigenvalue weighted by atomic mass is 9.71. The first-order valence-corrected chi connectivity index (χ1v) is 5.44. The van der Waals surface area contributed by atoms with Gasteiger partial charge in [0.25, 0.3) is 0 Å². The van der Waals surface area contributed by atoms with E-state index >= 15 is 0 Å². The van der Waals surface area contributed by atoms with Crippen LogP contribution in [0.25, 0.3) is 0 Å². The summed E-state index contributed by atoms with van der Waals surface area (Å²) in [4.78, 5) is 0. The van der Waals surface area contributed by atoms with Gasteiger partial charge in [0.05, 0.1) is 5.66 Å². The van der Waals surface area contributed by atoms with Gasteiger partial charge in [-0.05, 0) is 32.1 Å². The molecule has 2 heterocycles. The number of hydrogen-bond acceptors (Lipinski definition) is 2. The van der Waals surface area contributed by atoms with Crippen molar-refractivity contribution in [3.63, 3.8) is 0 Å². The summed E-state index contributed by atoms with van der Waals surface area (Å²) in [5.74, 6) is 0.592. The lowest BCUT2D eigenvalue weighted by molar-refractivity contribution is -0.165. The second-order valence-corrected chi connectivity index (χ2v) is 4.96. The molecule has 1 unspecified atom stereocenters. The Morgan fingerprint density at radius 1 is 1.47 bits per heavy atom. The Morgan fingerprint density at radius 2 is 2.07 bits per heavy atom. The molecule has 3 fully saturated rings. The molecule has 0 radical (unpaired) electrons. The molecule has 2 aliphatic heterocycles. The molecule has 88 valence electrons. The highest BCUT2D eigenvalue weighted by molar-refractivity contribution is 5.08. The minimum Gasteiger partial charge on any atom is -0.296 e. The van der Waals surface area contributed by atoms with Crippen LogP contribution in [0.1, 0.15) is 33.1 Å². The van der Waals surface area contributed by atoms with Gasteiger partial charge < -0.3 is 0 Å². The van der Waals surface area contributed by atoms with Gasteiger partial charge in [-0.1, -0.05) is 6.92 Å². The third kappa shape index (κ3) is 1.99. The van der Waals surface area contributed by atoms with Crippen molar-refractivity contribution in [2.75, 3.05) is 0 Å². The molecule has 0 aromatic carbocycles. The average Bonchev–Trinajstić information content (AvgIpc) is 2.04. The second kappa shape index (κ2) is 3.35. The number of fused-ring (bicyclic) bond motifs is 2. The third-order valence-corrected chi connectivity index (χ3v) is 3.73. The minimum atomic E-state index is -4.15. The summed E-state index contributed by atoms with van der Waals surface area (Å²) in [6, 6.07) is -1.02. The molecule has 3 aliphatic rings. The average molecular weight is 222 g/mol. The molecule has 0 aromatic heterocycles. The number of alkyl halides is 3. The Morgan fingerprint density at radius 3 is 2.47 bits per heavy atom. The molecule has 0 aromatic rings. The summed E-state index contributed by atoms with van der Waals surface area (Å²) >= 11 is 0. The van der Waals surface area contributed by atoms with E-state index in [4.69, 9.17) is 0 Å². The maximum Gasteiger partial charge on any atom is 0.403 e. The van der Waals surface area contributed by atoms with Crippen LogP contribution in [-0.2, 0) is 0 Å². The van der Waals surface area contributed by atoms with Gasteiger partial charge in [0.15, 0.2) is 0 Å². The first kappa shape index (κ1) is 11.2. The molecule has 4 atom stereocenters. The van der Waals surface area contributed by atoms with Gasteiger partial charge in [-0.25, -0.2) is 0 Å². The molecular weight excluding hydrogens is 205 g/mol. The molecule has 0 spiro atoms. The van der Waals surface area contributed by atoms with E-state index in [-0.39, 0.29) is 0 Å². The van der Waals surface area contributed by atoms with Crippen molar-refractivity contribution >= 4 is 0 Å². The maximum atomic E-state index is 12.4. The molecule has 1 saturated carbocycles.